The van der Waals surface area contributed by atoms with E-state index in [-0.39, 0.29) is 24.2 Å². The maximum atomic E-state index is 12.7. The molecule has 2 fully saturated rings. The topological polar surface area (TPSA) is 64.3 Å². The average Bonchev–Trinajstić information content (AvgIpc) is 2.49. The number of hydrogen-bond acceptors (Lipinski definition) is 3. The minimum atomic E-state index is 0. The van der Waals surface area contributed by atoms with Crippen LogP contribution in [0.4, 0.5) is 5.69 Å². The largest absolute Gasteiger partial charge is 0.492 e. The summed E-state index contributed by atoms with van der Waals surface area (Å²) in [4.78, 5) is 12.7. The van der Waals surface area contributed by atoms with Gasteiger partial charge in [0.05, 0.1) is 12.3 Å². The van der Waals surface area contributed by atoms with E-state index < -0.39 is 0 Å². The van der Waals surface area contributed by atoms with E-state index in [1.807, 2.05) is 31.2 Å². The van der Waals surface area contributed by atoms with Gasteiger partial charge in [-0.25, -0.2) is 0 Å². The predicted molar refractivity (Wildman–Crippen MR) is 95.0 cm³/mol. The molecule has 23 heavy (non-hydrogen) atoms. The predicted octanol–water partition coefficient (Wildman–Crippen LogP) is 3.60. The van der Waals surface area contributed by atoms with E-state index in [0.29, 0.717) is 24.5 Å². The van der Waals surface area contributed by atoms with Crippen LogP contribution in [0.1, 0.15) is 39.0 Å². The molecule has 1 aromatic rings. The molecule has 4 nitrogen and oxygen atoms in total. The zero-order chi connectivity index (χ0) is 15.5. The van der Waals surface area contributed by atoms with Crippen molar-refractivity contribution in [3.63, 3.8) is 0 Å². The second-order valence-corrected chi connectivity index (χ2v) is 6.62. The van der Waals surface area contributed by atoms with Crippen LogP contribution in [-0.4, -0.2) is 18.6 Å². The summed E-state index contributed by atoms with van der Waals surface area (Å²) in [5.41, 5.74) is 7.08. The molecule has 0 aromatic heterocycles. The maximum absolute atomic E-state index is 12.7. The number of fused-ring (bicyclic) bond motifs is 2. The fourth-order valence-electron chi connectivity index (χ4n) is 4.09. The highest BCUT2D eigenvalue weighted by Gasteiger charge is 2.40. The quantitative estimate of drug-likeness (QED) is 0.881. The van der Waals surface area contributed by atoms with Gasteiger partial charge in [0.15, 0.2) is 0 Å². The molecular formula is C18H27ClN2O2. The minimum Gasteiger partial charge on any atom is -0.492 e. The van der Waals surface area contributed by atoms with Gasteiger partial charge in [0.1, 0.15) is 5.75 Å². The molecule has 0 saturated heterocycles. The van der Waals surface area contributed by atoms with E-state index in [1.165, 1.54) is 19.3 Å². The summed E-state index contributed by atoms with van der Waals surface area (Å²) in [6.07, 6.45) is 5.49. The van der Waals surface area contributed by atoms with E-state index in [1.54, 1.807) is 0 Å². The molecule has 1 amide bonds. The van der Waals surface area contributed by atoms with Crippen molar-refractivity contribution in [1.29, 1.82) is 0 Å². The van der Waals surface area contributed by atoms with Crippen molar-refractivity contribution >= 4 is 24.0 Å². The molecule has 128 valence electrons. The SMILES string of the molecule is CCOc1ccccc1NC(=O)C1CC2CCCC(C1)C2N.Cl. The third-order valence-corrected chi connectivity index (χ3v) is 5.23. The lowest BCUT2D eigenvalue weighted by Gasteiger charge is -2.43. The van der Waals surface area contributed by atoms with Crippen molar-refractivity contribution in [2.24, 2.45) is 23.5 Å². The Labute approximate surface area is 144 Å². The second-order valence-electron chi connectivity index (χ2n) is 6.62. The Morgan fingerprint density at radius 2 is 1.91 bits per heavy atom. The summed E-state index contributed by atoms with van der Waals surface area (Å²) in [7, 11) is 0. The fourth-order valence-corrected chi connectivity index (χ4v) is 4.09. The van der Waals surface area contributed by atoms with E-state index in [0.717, 1.165) is 24.3 Å². The Hall–Kier alpha value is -1.26. The number of anilines is 1. The Morgan fingerprint density at radius 3 is 2.57 bits per heavy atom. The second kappa shape index (κ2) is 8.02. The maximum Gasteiger partial charge on any atom is 0.227 e. The zero-order valence-corrected chi connectivity index (χ0v) is 14.5. The Kier molecular flexibility index (Phi) is 6.31. The molecule has 3 N–H and O–H groups in total. The van der Waals surface area contributed by atoms with Crippen LogP contribution in [0.2, 0.25) is 0 Å². The van der Waals surface area contributed by atoms with Gasteiger partial charge in [-0.15, -0.1) is 12.4 Å². The molecule has 0 heterocycles. The summed E-state index contributed by atoms with van der Waals surface area (Å²) >= 11 is 0. The number of rotatable bonds is 4. The van der Waals surface area contributed by atoms with Crippen LogP contribution >= 0.6 is 12.4 Å². The highest BCUT2D eigenvalue weighted by molar-refractivity contribution is 5.94. The van der Waals surface area contributed by atoms with E-state index in [4.69, 9.17) is 10.5 Å². The third-order valence-electron chi connectivity index (χ3n) is 5.23. The smallest absolute Gasteiger partial charge is 0.227 e. The fraction of sp³-hybridized carbons (Fsp3) is 0.611. The first-order chi connectivity index (χ1) is 10.7. The first kappa shape index (κ1) is 18.1. The molecule has 2 aliphatic carbocycles. The van der Waals surface area contributed by atoms with Gasteiger partial charge in [0.25, 0.3) is 0 Å². The number of amides is 1. The molecule has 0 spiro atoms. The lowest BCUT2D eigenvalue weighted by atomic mass is 9.65. The average molecular weight is 339 g/mol. The minimum absolute atomic E-state index is 0. The van der Waals surface area contributed by atoms with Crippen LogP contribution < -0.4 is 15.8 Å². The van der Waals surface area contributed by atoms with Crippen molar-refractivity contribution in [2.45, 2.75) is 45.1 Å². The molecule has 2 aliphatic rings. The van der Waals surface area contributed by atoms with E-state index in [2.05, 4.69) is 5.32 Å². The van der Waals surface area contributed by atoms with Gasteiger partial charge in [-0.05, 0) is 56.6 Å². The van der Waals surface area contributed by atoms with Crippen LogP contribution in [0.5, 0.6) is 5.75 Å². The first-order valence-electron chi connectivity index (χ1n) is 8.47. The number of ether oxygens (including phenoxy) is 1. The lowest BCUT2D eigenvalue weighted by Crippen LogP contribution is -2.48. The standard InChI is InChI=1S/C18H26N2O2.ClH/c1-2-22-16-9-4-3-8-15(16)20-18(21)14-10-12-6-5-7-13(11-14)17(12)19;/h3-4,8-9,12-14,17H,2,5-7,10-11,19H2,1H3,(H,20,21);1H. The van der Waals surface area contributed by atoms with Crippen molar-refractivity contribution < 1.29 is 9.53 Å². The van der Waals surface area contributed by atoms with Crippen molar-refractivity contribution in [2.75, 3.05) is 11.9 Å². The highest BCUT2D eigenvalue weighted by atomic mass is 35.5. The molecule has 0 aliphatic heterocycles. The number of nitrogens with two attached hydrogens (primary N) is 1. The molecular weight excluding hydrogens is 312 g/mol. The molecule has 5 heteroatoms. The van der Waals surface area contributed by atoms with Gasteiger partial charge in [-0.2, -0.15) is 0 Å². The van der Waals surface area contributed by atoms with Crippen molar-refractivity contribution in [1.82, 2.24) is 0 Å². The van der Waals surface area contributed by atoms with Crippen LogP contribution in [0.3, 0.4) is 0 Å². The first-order valence-corrected chi connectivity index (χ1v) is 8.47. The molecule has 2 bridgehead atoms. The molecule has 2 saturated carbocycles. The molecule has 2 atom stereocenters. The summed E-state index contributed by atoms with van der Waals surface area (Å²) in [5, 5.41) is 3.06. The highest BCUT2D eigenvalue weighted by Crippen LogP contribution is 2.42. The van der Waals surface area contributed by atoms with Crippen LogP contribution in [0.15, 0.2) is 24.3 Å². The molecule has 1 aromatic carbocycles. The van der Waals surface area contributed by atoms with E-state index >= 15 is 0 Å². The van der Waals surface area contributed by atoms with Crippen LogP contribution in [-0.2, 0) is 4.79 Å². The number of hydrogen-bond donors (Lipinski definition) is 2. The number of para-hydroxylation sites is 2. The number of benzene rings is 1. The van der Waals surface area contributed by atoms with Crippen LogP contribution in [0, 0.1) is 17.8 Å². The summed E-state index contributed by atoms with van der Waals surface area (Å²) in [5.74, 6) is 1.99. The Balaban J connectivity index is 0.00000192. The lowest BCUT2D eigenvalue weighted by molar-refractivity contribution is -0.122. The zero-order valence-electron chi connectivity index (χ0n) is 13.7. The van der Waals surface area contributed by atoms with Gasteiger partial charge >= 0.3 is 0 Å². The Morgan fingerprint density at radius 1 is 1.26 bits per heavy atom. The van der Waals surface area contributed by atoms with Gasteiger partial charge in [-0.3, -0.25) is 4.79 Å². The summed E-state index contributed by atoms with van der Waals surface area (Å²) in [6.45, 7) is 2.54. The number of nitrogens with one attached hydrogen (secondary N) is 1. The monoisotopic (exact) mass is 338 g/mol. The van der Waals surface area contributed by atoms with E-state index in [9.17, 15) is 4.79 Å². The molecule has 0 radical (unpaired) electrons. The summed E-state index contributed by atoms with van der Waals surface area (Å²) in [6, 6.07) is 7.94. The Bertz CT molecular complexity index is 524. The third kappa shape index (κ3) is 3.99. The molecule has 3 rings (SSSR count). The van der Waals surface area contributed by atoms with Gasteiger partial charge in [0, 0.05) is 12.0 Å². The van der Waals surface area contributed by atoms with Gasteiger partial charge < -0.3 is 15.8 Å². The number of carbonyl (C=O) groups excluding carboxylic acids is 1. The number of halogens is 1. The number of carbonyl (C=O) groups is 1. The normalized spacial score (nSPS) is 29.3. The van der Waals surface area contributed by atoms with Crippen molar-refractivity contribution in [3.05, 3.63) is 24.3 Å². The van der Waals surface area contributed by atoms with Gasteiger partial charge in [-0.1, -0.05) is 18.6 Å². The van der Waals surface area contributed by atoms with Crippen LogP contribution in [0.25, 0.3) is 0 Å². The van der Waals surface area contributed by atoms with Gasteiger partial charge in [0.2, 0.25) is 5.91 Å². The molecule has 2 unspecified atom stereocenters. The van der Waals surface area contributed by atoms with Crippen molar-refractivity contribution in [3.8, 4) is 5.75 Å². The summed E-state index contributed by atoms with van der Waals surface area (Å²) < 4.78 is 5.58.